The van der Waals surface area contributed by atoms with Crippen LogP contribution in [0.3, 0.4) is 0 Å². The first-order valence-corrected chi connectivity index (χ1v) is 8.97. The van der Waals surface area contributed by atoms with E-state index in [9.17, 15) is 15.2 Å². The molecule has 2 aromatic carbocycles. The van der Waals surface area contributed by atoms with Gasteiger partial charge in [0.25, 0.3) is 5.69 Å². The third-order valence-corrected chi connectivity index (χ3v) is 4.69. The minimum atomic E-state index is -0.608. The smallest absolute Gasteiger partial charge is 0.269 e. The molecule has 1 aliphatic rings. The van der Waals surface area contributed by atoms with Crippen molar-refractivity contribution in [3.05, 3.63) is 69.8 Å². The first-order valence-electron chi connectivity index (χ1n) is 8.97. The quantitative estimate of drug-likeness (QED) is 0.429. The third kappa shape index (κ3) is 6.20. The van der Waals surface area contributed by atoms with Crippen molar-refractivity contribution in [2.24, 2.45) is 0 Å². The summed E-state index contributed by atoms with van der Waals surface area (Å²) in [6.45, 7) is 0.660. The molecule has 0 fully saturated rings. The molecule has 0 bridgehead atoms. The summed E-state index contributed by atoms with van der Waals surface area (Å²) in [5, 5.41) is 24.5. The van der Waals surface area contributed by atoms with Gasteiger partial charge in [-0.2, -0.15) is 0 Å². The maximum absolute atomic E-state index is 11.0. The highest BCUT2D eigenvalue weighted by Gasteiger charge is 2.20. The highest BCUT2D eigenvalue weighted by atomic mass is 35.5. The van der Waals surface area contributed by atoms with Gasteiger partial charge in [0.15, 0.2) is 0 Å². The molecule has 0 aliphatic heterocycles. The number of aliphatic hydroxyl groups excluding tert-OH is 1. The number of aliphatic hydroxyl groups is 1. The number of hydrogen-bond acceptors (Lipinski definition) is 5. The minimum Gasteiger partial charge on any atom is -0.491 e. The van der Waals surface area contributed by atoms with Crippen LogP contribution in [0.1, 0.15) is 24.0 Å². The summed E-state index contributed by atoms with van der Waals surface area (Å²) in [5.41, 5.74) is 2.36. The van der Waals surface area contributed by atoms with E-state index in [-0.39, 0.29) is 35.7 Å². The Labute approximate surface area is 165 Å². The molecule has 27 heavy (non-hydrogen) atoms. The number of para-hydroxylation sites is 1. The van der Waals surface area contributed by atoms with Crippen LogP contribution in [0.5, 0.6) is 5.75 Å². The van der Waals surface area contributed by atoms with Gasteiger partial charge in [0, 0.05) is 24.7 Å². The number of ether oxygens (including phenoxy) is 1. The Morgan fingerprint density at radius 3 is 2.74 bits per heavy atom. The van der Waals surface area contributed by atoms with Gasteiger partial charge < -0.3 is 15.2 Å². The fourth-order valence-corrected chi connectivity index (χ4v) is 3.31. The monoisotopic (exact) mass is 392 g/mol. The molecule has 0 aromatic heterocycles. The molecule has 2 N–H and O–H groups in total. The van der Waals surface area contributed by atoms with Gasteiger partial charge in [-0.1, -0.05) is 24.3 Å². The second kappa shape index (κ2) is 10.3. The average Bonchev–Trinajstić information content (AvgIpc) is 2.86. The van der Waals surface area contributed by atoms with Gasteiger partial charge in [-0.15, -0.1) is 12.4 Å². The Morgan fingerprint density at radius 2 is 2.00 bits per heavy atom. The highest BCUT2D eigenvalue weighted by Crippen LogP contribution is 2.25. The molecule has 1 unspecified atom stereocenters. The largest absolute Gasteiger partial charge is 0.491 e. The number of aryl methyl sites for hydroxylation is 1. The summed E-state index contributed by atoms with van der Waals surface area (Å²) in [5.74, 6) is 0.738. The summed E-state index contributed by atoms with van der Waals surface area (Å²) in [4.78, 5) is 10.7. The fourth-order valence-electron chi connectivity index (χ4n) is 3.31. The van der Waals surface area contributed by atoms with Crippen LogP contribution in [0.15, 0.2) is 48.5 Å². The van der Waals surface area contributed by atoms with Crippen LogP contribution >= 0.6 is 12.4 Å². The van der Waals surface area contributed by atoms with Gasteiger partial charge in [-0.05, 0) is 48.9 Å². The number of hydrogen-bond donors (Lipinski definition) is 2. The van der Waals surface area contributed by atoms with E-state index in [0.29, 0.717) is 6.54 Å². The minimum absolute atomic E-state index is 0. The molecule has 0 heterocycles. The van der Waals surface area contributed by atoms with E-state index < -0.39 is 6.10 Å². The van der Waals surface area contributed by atoms with Crippen LogP contribution < -0.4 is 10.1 Å². The summed E-state index contributed by atoms with van der Waals surface area (Å²) in [6, 6.07) is 14.7. The molecule has 1 aliphatic carbocycles. The van der Waals surface area contributed by atoms with E-state index in [1.807, 2.05) is 36.4 Å². The average molecular weight is 393 g/mol. The fraction of sp³-hybridized carbons (Fsp3) is 0.400. The molecule has 0 spiro atoms. The number of nitro groups is 1. The van der Waals surface area contributed by atoms with Crippen molar-refractivity contribution in [2.75, 3.05) is 13.2 Å². The van der Waals surface area contributed by atoms with E-state index in [0.717, 1.165) is 37.0 Å². The number of benzene rings is 2. The summed E-state index contributed by atoms with van der Waals surface area (Å²) in [6.07, 6.45) is 3.07. The molecule has 2 atom stereocenters. The molecule has 0 saturated heterocycles. The first kappa shape index (κ1) is 21.2. The SMILES string of the molecule is Cl.O=[N+]([O-])c1ccc2c(c1)CC(NC[C@H](O)COc1ccccc1)CCC2. The standard InChI is InChI=1S/C20H24N2O4.ClH/c23-19(14-26-20-7-2-1-3-8-20)13-21-17-6-4-5-15-9-10-18(22(24)25)12-16(15)11-17;/h1-3,7-10,12,17,19,21,23H,4-6,11,13-14H2;1H/t17?,19-;/m0./s1. The zero-order valence-corrected chi connectivity index (χ0v) is 15.9. The van der Waals surface area contributed by atoms with Crippen LogP contribution in [-0.2, 0) is 12.8 Å². The van der Waals surface area contributed by atoms with Crippen LogP contribution in [0, 0.1) is 10.1 Å². The van der Waals surface area contributed by atoms with Gasteiger partial charge in [0.1, 0.15) is 18.5 Å². The third-order valence-electron chi connectivity index (χ3n) is 4.69. The van der Waals surface area contributed by atoms with Crippen LogP contribution in [0.25, 0.3) is 0 Å². The predicted octanol–water partition coefficient (Wildman–Crippen LogP) is 3.29. The molecule has 3 rings (SSSR count). The molecule has 0 amide bonds. The Balaban J connectivity index is 0.00000261. The van der Waals surface area contributed by atoms with Gasteiger partial charge >= 0.3 is 0 Å². The maximum atomic E-state index is 11.0. The molecule has 6 nitrogen and oxygen atoms in total. The van der Waals surface area contributed by atoms with Gasteiger partial charge in [0.05, 0.1) is 4.92 Å². The van der Waals surface area contributed by atoms with E-state index in [1.165, 1.54) is 5.56 Å². The van der Waals surface area contributed by atoms with Gasteiger partial charge in [-0.25, -0.2) is 0 Å². The summed E-state index contributed by atoms with van der Waals surface area (Å²) < 4.78 is 5.57. The lowest BCUT2D eigenvalue weighted by atomic mass is 10.0. The number of non-ortho nitro benzene ring substituents is 1. The van der Waals surface area contributed by atoms with Crippen molar-refractivity contribution in [3.8, 4) is 5.75 Å². The molecule has 146 valence electrons. The Hall–Kier alpha value is -2.15. The van der Waals surface area contributed by atoms with Crippen molar-refractivity contribution >= 4 is 18.1 Å². The van der Waals surface area contributed by atoms with Crippen molar-refractivity contribution in [3.63, 3.8) is 0 Å². The zero-order valence-electron chi connectivity index (χ0n) is 15.0. The Bertz CT molecular complexity index is 742. The zero-order chi connectivity index (χ0) is 18.4. The van der Waals surface area contributed by atoms with Crippen LogP contribution in [0.4, 0.5) is 5.69 Å². The van der Waals surface area contributed by atoms with Crippen molar-refractivity contribution in [1.29, 1.82) is 0 Å². The predicted molar refractivity (Wildman–Crippen MR) is 107 cm³/mol. The second-order valence-corrected chi connectivity index (χ2v) is 6.69. The molecule has 0 radical (unpaired) electrons. The lowest BCUT2D eigenvalue weighted by Gasteiger charge is -2.20. The van der Waals surface area contributed by atoms with E-state index in [2.05, 4.69) is 5.32 Å². The second-order valence-electron chi connectivity index (χ2n) is 6.69. The maximum Gasteiger partial charge on any atom is 0.269 e. The van der Waals surface area contributed by atoms with Crippen LogP contribution in [-0.4, -0.2) is 35.3 Å². The number of fused-ring (bicyclic) bond motifs is 1. The topological polar surface area (TPSA) is 84.6 Å². The lowest BCUT2D eigenvalue weighted by molar-refractivity contribution is -0.384. The summed E-state index contributed by atoms with van der Waals surface area (Å²) >= 11 is 0. The Kier molecular flexibility index (Phi) is 8.03. The Morgan fingerprint density at radius 1 is 1.22 bits per heavy atom. The van der Waals surface area contributed by atoms with Crippen molar-refractivity contribution in [1.82, 2.24) is 5.32 Å². The van der Waals surface area contributed by atoms with E-state index >= 15 is 0 Å². The molecular weight excluding hydrogens is 368 g/mol. The van der Waals surface area contributed by atoms with Gasteiger partial charge in [0.2, 0.25) is 0 Å². The molecule has 0 saturated carbocycles. The lowest BCUT2D eigenvalue weighted by Crippen LogP contribution is -2.39. The highest BCUT2D eigenvalue weighted by molar-refractivity contribution is 5.85. The van der Waals surface area contributed by atoms with Gasteiger partial charge in [-0.3, -0.25) is 10.1 Å². The van der Waals surface area contributed by atoms with Crippen molar-refractivity contribution < 1.29 is 14.8 Å². The number of halogens is 1. The first-order chi connectivity index (χ1) is 12.6. The molecular formula is C20H25ClN2O4. The normalized spacial score (nSPS) is 17.1. The van der Waals surface area contributed by atoms with E-state index in [1.54, 1.807) is 12.1 Å². The van der Waals surface area contributed by atoms with E-state index in [4.69, 9.17) is 4.74 Å². The number of nitrogens with zero attached hydrogens (tertiary/aromatic N) is 1. The number of nitro benzene ring substituents is 1. The number of nitrogens with one attached hydrogen (secondary N) is 1. The molecule has 7 heteroatoms. The van der Waals surface area contributed by atoms with Crippen LogP contribution in [0.2, 0.25) is 0 Å². The molecule has 2 aromatic rings. The number of rotatable bonds is 7. The van der Waals surface area contributed by atoms with Crippen molar-refractivity contribution in [2.45, 2.75) is 37.8 Å². The summed E-state index contributed by atoms with van der Waals surface area (Å²) in [7, 11) is 0.